The number of halogens is 4. The molecular formula is C16H14Cl4O3. The highest BCUT2D eigenvalue weighted by atomic mass is 35.5. The average Bonchev–Trinajstić information content (AvgIpc) is 2.43. The SMILES string of the molecule is Cc1cc(Cl)c(OCC(O)c2c(C)cc(Cl)c(O)c2Cl)c(Cl)c1. The minimum atomic E-state index is -1.08. The molecule has 0 radical (unpaired) electrons. The molecule has 7 heteroatoms. The Morgan fingerprint density at radius 3 is 2.13 bits per heavy atom. The Balaban J connectivity index is 2.25. The Bertz CT molecular complexity index is 724. The summed E-state index contributed by atoms with van der Waals surface area (Å²) in [6.07, 6.45) is -1.08. The van der Waals surface area contributed by atoms with Gasteiger partial charge in [0.15, 0.2) is 11.5 Å². The molecule has 124 valence electrons. The molecule has 0 aliphatic rings. The molecule has 0 aromatic heterocycles. The van der Waals surface area contributed by atoms with Crippen molar-refractivity contribution < 1.29 is 14.9 Å². The van der Waals surface area contributed by atoms with E-state index in [0.717, 1.165) is 5.56 Å². The Kier molecular flexibility index (Phi) is 5.93. The van der Waals surface area contributed by atoms with Crippen LogP contribution < -0.4 is 4.74 Å². The molecule has 0 amide bonds. The smallest absolute Gasteiger partial charge is 0.156 e. The van der Waals surface area contributed by atoms with E-state index < -0.39 is 6.10 Å². The molecule has 1 atom stereocenters. The number of ether oxygens (including phenoxy) is 1. The van der Waals surface area contributed by atoms with Crippen LogP contribution in [0.1, 0.15) is 22.8 Å². The highest BCUT2D eigenvalue weighted by molar-refractivity contribution is 6.38. The maximum absolute atomic E-state index is 10.3. The Morgan fingerprint density at radius 1 is 1.00 bits per heavy atom. The number of phenolic OH excluding ortho intramolecular Hbond substituents is 1. The lowest BCUT2D eigenvalue weighted by Crippen LogP contribution is -2.12. The number of aryl methyl sites for hydroxylation is 2. The van der Waals surface area contributed by atoms with Gasteiger partial charge < -0.3 is 14.9 Å². The summed E-state index contributed by atoms with van der Waals surface area (Å²) in [5.74, 6) is 0.00401. The van der Waals surface area contributed by atoms with Gasteiger partial charge in [-0.1, -0.05) is 46.4 Å². The van der Waals surface area contributed by atoms with Gasteiger partial charge in [-0.15, -0.1) is 0 Å². The van der Waals surface area contributed by atoms with E-state index in [0.29, 0.717) is 21.2 Å². The summed E-state index contributed by atoms with van der Waals surface area (Å²) < 4.78 is 5.53. The van der Waals surface area contributed by atoms with Gasteiger partial charge in [0.05, 0.1) is 20.1 Å². The van der Waals surface area contributed by atoms with Crippen molar-refractivity contribution in [3.05, 3.63) is 55.0 Å². The van der Waals surface area contributed by atoms with E-state index in [9.17, 15) is 10.2 Å². The molecular weight excluding hydrogens is 382 g/mol. The molecule has 2 aromatic rings. The molecule has 0 saturated carbocycles. The molecule has 0 spiro atoms. The van der Waals surface area contributed by atoms with E-state index in [-0.39, 0.29) is 28.2 Å². The largest absolute Gasteiger partial charge is 0.505 e. The van der Waals surface area contributed by atoms with Crippen LogP contribution in [0.5, 0.6) is 11.5 Å². The molecule has 2 N–H and O–H groups in total. The minimum Gasteiger partial charge on any atom is -0.505 e. The first kappa shape index (κ1) is 18.5. The van der Waals surface area contributed by atoms with Gasteiger partial charge in [-0.05, 0) is 43.2 Å². The van der Waals surface area contributed by atoms with Crippen LogP contribution in [0.15, 0.2) is 18.2 Å². The molecule has 23 heavy (non-hydrogen) atoms. The zero-order chi connectivity index (χ0) is 17.3. The lowest BCUT2D eigenvalue weighted by atomic mass is 10.0. The van der Waals surface area contributed by atoms with Gasteiger partial charge in [-0.3, -0.25) is 0 Å². The molecule has 1 unspecified atom stereocenters. The van der Waals surface area contributed by atoms with Crippen LogP contribution in [0.2, 0.25) is 20.1 Å². The Hall–Kier alpha value is -0.840. The van der Waals surface area contributed by atoms with Crippen molar-refractivity contribution in [3.8, 4) is 11.5 Å². The summed E-state index contributed by atoms with van der Waals surface area (Å²) in [6.45, 7) is 3.45. The van der Waals surface area contributed by atoms with Gasteiger partial charge in [-0.25, -0.2) is 0 Å². The molecule has 0 saturated heterocycles. The Labute approximate surface area is 154 Å². The first-order chi connectivity index (χ1) is 10.7. The fourth-order valence-electron chi connectivity index (χ4n) is 2.22. The monoisotopic (exact) mass is 394 g/mol. The predicted molar refractivity (Wildman–Crippen MR) is 94.5 cm³/mol. The van der Waals surface area contributed by atoms with Crippen LogP contribution in [0, 0.1) is 13.8 Å². The van der Waals surface area contributed by atoms with Gasteiger partial charge in [-0.2, -0.15) is 0 Å². The van der Waals surface area contributed by atoms with Crippen molar-refractivity contribution >= 4 is 46.4 Å². The van der Waals surface area contributed by atoms with E-state index in [1.165, 1.54) is 6.07 Å². The number of rotatable bonds is 4. The molecule has 0 fully saturated rings. The van der Waals surface area contributed by atoms with Crippen molar-refractivity contribution in [2.75, 3.05) is 6.61 Å². The molecule has 0 bridgehead atoms. The van der Waals surface area contributed by atoms with Gasteiger partial charge in [0.2, 0.25) is 0 Å². The highest BCUT2D eigenvalue weighted by Crippen LogP contribution is 2.40. The second-order valence-corrected chi connectivity index (χ2v) is 6.74. The fraction of sp³-hybridized carbons (Fsp3) is 0.250. The summed E-state index contributed by atoms with van der Waals surface area (Å²) >= 11 is 24.1. The third-order valence-corrected chi connectivity index (χ3v) is 4.53. The highest BCUT2D eigenvalue weighted by Gasteiger charge is 2.21. The summed E-state index contributed by atoms with van der Waals surface area (Å²) in [5, 5.41) is 21.0. The molecule has 2 aromatic carbocycles. The zero-order valence-electron chi connectivity index (χ0n) is 12.3. The number of phenols is 1. The summed E-state index contributed by atoms with van der Waals surface area (Å²) in [5.41, 5.74) is 1.87. The number of aromatic hydroxyl groups is 1. The maximum atomic E-state index is 10.3. The van der Waals surface area contributed by atoms with E-state index in [2.05, 4.69) is 0 Å². The van der Waals surface area contributed by atoms with Crippen LogP contribution in [0.25, 0.3) is 0 Å². The van der Waals surface area contributed by atoms with Crippen LogP contribution >= 0.6 is 46.4 Å². The average molecular weight is 396 g/mol. The third kappa shape index (κ3) is 3.98. The number of hydrogen-bond acceptors (Lipinski definition) is 3. The molecule has 3 nitrogen and oxygen atoms in total. The van der Waals surface area contributed by atoms with Crippen molar-refractivity contribution in [2.45, 2.75) is 20.0 Å². The van der Waals surface area contributed by atoms with Crippen molar-refractivity contribution in [2.24, 2.45) is 0 Å². The van der Waals surface area contributed by atoms with Gasteiger partial charge in [0, 0.05) is 5.56 Å². The fourth-order valence-corrected chi connectivity index (χ4v) is 3.61. The molecule has 2 rings (SSSR count). The maximum Gasteiger partial charge on any atom is 0.156 e. The lowest BCUT2D eigenvalue weighted by molar-refractivity contribution is 0.107. The van der Waals surface area contributed by atoms with Gasteiger partial charge >= 0.3 is 0 Å². The second kappa shape index (κ2) is 7.37. The van der Waals surface area contributed by atoms with Crippen molar-refractivity contribution in [3.63, 3.8) is 0 Å². The molecule has 0 heterocycles. The van der Waals surface area contributed by atoms with Gasteiger partial charge in [0.1, 0.15) is 12.7 Å². The van der Waals surface area contributed by atoms with Crippen LogP contribution in [0.3, 0.4) is 0 Å². The van der Waals surface area contributed by atoms with E-state index in [1.54, 1.807) is 19.1 Å². The van der Waals surface area contributed by atoms with E-state index in [4.69, 9.17) is 51.1 Å². The normalized spacial score (nSPS) is 12.3. The molecule has 0 aliphatic carbocycles. The number of hydrogen-bond donors (Lipinski definition) is 2. The summed E-state index contributed by atoms with van der Waals surface area (Å²) in [4.78, 5) is 0. The summed E-state index contributed by atoms with van der Waals surface area (Å²) in [7, 11) is 0. The molecule has 0 aliphatic heterocycles. The van der Waals surface area contributed by atoms with Crippen LogP contribution in [0.4, 0.5) is 0 Å². The van der Waals surface area contributed by atoms with Crippen molar-refractivity contribution in [1.82, 2.24) is 0 Å². The van der Waals surface area contributed by atoms with Gasteiger partial charge in [0.25, 0.3) is 0 Å². The van der Waals surface area contributed by atoms with E-state index >= 15 is 0 Å². The lowest BCUT2D eigenvalue weighted by Gasteiger charge is -2.18. The van der Waals surface area contributed by atoms with Crippen LogP contribution in [-0.4, -0.2) is 16.8 Å². The number of aliphatic hydroxyl groups excluding tert-OH is 1. The van der Waals surface area contributed by atoms with E-state index in [1.807, 2.05) is 6.92 Å². The third-order valence-electron chi connectivity index (χ3n) is 3.30. The summed E-state index contributed by atoms with van der Waals surface area (Å²) in [6, 6.07) is 4.94. The second-order valence-electron chi connectivity index (χ2n) is 5.14. The zero-order valence-corrected chi connectivity index (χ0v) is 15.4. The number of aliphatic hydroxyl groups is 1. The standard InChI is InChI=1S/C16H14Cl4O3/c1-7-3-10(18)16(11(19)4-7)23-6-12(21)13-8(2)5-9(17)15(22)14(13)20/h3-5,12,21-22H,6H2,1-2H3. The first-order valence-electron chi connectivity index (χ1n) is 6.66. The predicted octanol–water partition coefficient (Wildman–Crippen LogP) is 5.74. The van der Waals surface area contributed by atoms with Crippen molar-refractivity contribution in [1.29, 1.82) is 0 Å². The first-order valence-corrected chi connectivity index (χ1v) is 8.17. The quantitative estimate of drug-likeness (QED) is 0.694. The van der Waals surface area contributed by atoms with Crippen LogP contribution in [-0.2, 0) is 0 Å². The Morgan fingerprint density at radius 2 is 1.57 bits per heavy atom. The number of benzene rings is 2. The minimum absolute atomic E-state index is 0.00722. The topological polar surface area (TPSA) is 49.7 Å².